The maximum atomic E-state index is 4.70. The minimum atomic E-state index is 0.674. The molecule has 0 unspecified atom stereocenters. The summed E-state index contributed by atoms with van der Waals surface area (Å²) in [6.45, 7) is 2.33. The van der Waals surface area contributed by atoms with E-state index in [0.29, 0.717) is 5.92 Å². The third-order valence-electron chi connectivity index (χ3n) is 3.74. The Kier molecular flexibility index (Phi) is 2.67. The molecule has 1 aromatic heterocycles. The maximum absolute atomic E-state index is 4.70. The highest BCUT2D eigenvalue weighted by atomic mass is 15.3. The zero-order valence-corrected chi connectivity index (χ0v) is 9.95. The van der Waals surface area contributed by atoms with Gasteiger partial charge < -0.3 is 5.32 Å². The first-order chi connectivity index (χ1) is 7.83. The first-order valence-electron chi connectivity index (χ1n) is 6.43. The lowest BCUT2D eigenvalue weighted by Crippen LogP contribution is -2.29. The van der Waals surface area contributed by atoms with Gasteiger partial charge in [0, 0.05) is 19.4 Å². The minimum Gasteiger partial charge on any atom is -0.317 e. The van der Waals surface area contributed by atoms with Crippen LogP contribution >= 0.6 is 0 Å². The van der Waals surface area contributed by atoms with Crippen LogP contribution in [0.5, 0.6) is 0 Å². The third kappa shape index (κ3) is 2.12. The predicted octanol–water partition coefficient (Wildman–Crippen LogP) is 1.23. The number of aryl methyl sites for hydroxylation is 1. The molecule has 4 heteroatoms. The number of rotatable bonds is 3. The monoisotopic (exact) mass is 220 g/mol. The van der Waals surface area contributed by atoms with E-state index in [0.717, 1.165) is 31.3 Å². The van der Waals surface area contributed by atoms with E-state index in [1.165, 1.54) is 31.5 Å². The van der Waals surface area contributed by atoms with Crippen LogP contribution in [0.15, 0.2) is 0 Å². The van der Waals surface area contributed by atoms with E-state index in [2.05, 4.69) is 10.4 Å². The summed E-state index contributed by atoms with van der Waals surface area (Å²) in [5.41, 5.74) is 0. The van der Waals surface area contributed by atoms with Crippen molar-refractivity contribution in [2.24, 2.45) is 13.0 Å². The lowest BCUT2D eigenvalue weighted by atomic mass is 9.94. The normalized spacial score (nSPS) is 22.6. The van der Waals surface area contributed by atoms with Crippen molar-refractivity contribution in [3.8, 4) is 0 Å². The molecule has 1 aliphatic carbocycles. The smallest absolute Gasteiger partial charge is 0.154 e. The molecule has 0 atom stereocenters. The number of nitrogens with zero attached hydrogens (tertiary/aromatic N) is 3. The van der Waals surface area contributed by atoms with Crippen molar-refractivity contribution in [3.63, 3.8) is 0 Å². The quantitative estimate of drug-likeness (QED) is 0.833. The standard InChI is InChI=1S/C12H20N4/c1-16-11(8-9-4-6-13-7-5-9)14-12(15-16)10-2-3-10/h9-10,13H,2-8H2,1H3. The van der Waals surface area contributed by atoms with Gasteiger partial charge in [-0.15, -0.1) is 0 Å². The van der Waals surface area contributed by atoms with E-state index >= 15 is 0 Å². The summed E-state index contributed by atoms with van der Waals surface area (Å²) in [5.74, 6) is 3.75. The molecule has 0 bridgehead atoms. The number of hydrogen-bond donors (Lipinski definition) is 1. The predicted molar refractivity (Wildman–Crippen MR) is 62.3 cm³/mol. The number of hydrogen-bond acceptors (Lipinski definition) is 3. The molecule has 1 aromatic rings. The fourth-order valence-electron chi connectivity index (χ4n) is 2.47. The van der Waals surface area contributed by atoms with Gasteiger partial charge >= 0.3 is 0 Å². The highest BCUT2D eigenvalue weighted by Crippen LogP contribution is 2.38. The molecule has 2 heterocycles. The number of aromatic nitrogens is 3. The second-order valence-electron chi connectivity index (χ2n) is 5.18. The van der Waals surface area contributed by atoms with Crippen LogP contribution < -0.4 is 5.32 Å². The molecule has 0 radical (unpaired) electrons. The zero-order valence-electron chi connectivity index (χ0n) is 9.95. The van der Waals surface area contributed by atoms with Gasteiger partial charge in [0.1, 0.15) is 5.82 Å². The molecule has 0 aromatic carbocycles. The highest BCUT2D eigenvalue weighted by molar-refractivity contribution is 5.06. The van der Waals surface area contributed by atoms with Crippen LogP contribution in [0.4, 0.5) is 0 Å². The van der Waals surface area contributed by atoms with E-state index in [4.69, 9.17) is 4.98 Å². The summed E-state index contributed by atoms with van der Waals surface area (Å²) in [6, 6.07) is 0. The molecule has 0 spiro atoms. The molecule has 1 saturated heterocycles. The van der Waals surface area contributed by atoms with Crippen molar-refractivity contribution in [2.45, 2.75) is 38.0 Å². The Bertz CT molecular complexity index is 361. The summed E-state index contributed by atoms with van der Waals surface area (Å²) in [6.07, 6.45) is 6.25. The first kappa shape index (κ1) is 10.3. The van der Waals surface area contributed by atoms with Crippen molar-refractivity contribution in [1.29, 1.82) is 0 Å². The Morgan fingerprint density at radius 2 is 2.00 bits per heavy atom. The van der Waals surface area contributed by atoms with Gasteiger partial charge in [-0.25, -0.2) is 4.98 Å². The average Bonchev–Trinajstić information content (AvgIpc) is 3.07. The Morgan fingerprint density at radius 1 is 1.25 bits per heavy atom. The second-order valence-corrected chi connectivity index (χ2v) is 5.18. The van der Waals surface area contributed by atoms with Crippen LogP contribution in [0.2, 0.25) is 0 Å². The van der Waals surface area contributed by atoms with E-state index in [1.54, 1.807) is 0 Å². The zero-order chi connectivity index (χ0) is 11.0. The Labute approximate surface area is 96.4 Å². The molecule has 16 heavy (non-hydrogen) atoms. The Balaban J connectivity index is 1.68. The van der Waals surface area contributed by atoms with Crippen molar-refractivity contribution in [2.75, 3.05) is 13.1 Å². The molecule has 0 amide bonds. The third-order valence-corrected chi connectivity index (χ3v) is 3.74. The molecular weight excluding hydrogens is 200 g/mol. The lowest BCUT2D eigenvalue weighted by molar-refractivity contribution is 0.363. The van der Waals surface area contributed by atoms with E-state index in [9.17, 15) is 0 Å². The molecule has 1 aliphatic heterocycles. The Hall–Kier alpha value is -0.900. The highest BCUT2D eigenvalue weighted by Gasteiger charge is 2.29. The summed E-state index contributed by atoms with van der Waals surface area (Å²) in [4.78, 5) is 4.70. The van der Waals surface area contributed by atoms with Gasteiger partial charge in [0.25, 0.3) is 0 Å². The molecule has 1 N–H and O–H groups in total. The van der Waals surface area contributed by atoms with Crippen molar-refractivity contribution < 1.29 is 0 Å². The van der Waals surface area contributed by atoms with Gasteiger partial charge in [0.05, 0.1) is 0 Å². The Morgan fingerprint density at radius 3 is 2.69 bits per heavy atom. The maximum Gasteiger partial charge on any atom is 0.154 e. The second kappa shape index (κ2) is 4.17. The molecular formula is C12H20N4. The van der Waals surface area contributed by atoms with Crippen LogP contribution in [0.3, 0.4) is 0 Å². The van der Waals surface area contributed by atoms with Crippen molar-refractivity contribution >= 4 is 0 Å². The molecule has 3 rings (SSSR count). The van der Waals surface area contributed by atoms with Crippen LogP contribution in [-0.4, -0.2) is 27.9 Å². The summed E-state index contributed by atoms with van der Waals surface area (Å²) >= 11 is 0. The first-order valence-corrected chi connectivity index (χ1v) is 6.43. The fourth-order valence-corrected chi connectivity index (χ4v) is 2.47. The fraction of sp³-hybridized carbons (Fsp3) is 0.833. The average molecular weight is 220 g/mol. The largest absolute Gasteiger partial charge is 0.317 e. The van der Waals surface area contributed by atoms with E-state index in [1.807, 2.05) is 11.7 Å². The molecule has 88 valence electrons. The van der Waals surface area contributed by atoms with Gasteiger partial charge in [-0.05, 0) is 44.7 Å². The molecule has 2 fully saturated rings. The van der Waals surface area contributed by atoms with Gasteiger partial charge in [-0.3, -0.25) is 4.68 Å². The number of piperidine rings is 1. The van der Waals surface area contributed by atoms with Crippen LogP contribution in [-0.2, 0) is 13.5 Å². The summed E-state index contributed by atoms with van der Waals surface area (Å²) in [5, 5.41) is 7.93. The van der Waals surface area contributed by atoms with E-state index < -0.39 is 0 Å². The number of nitrogens with one attached hydrogen (secondary N) is 1. The topological polar surface area (TPSA) is 42.7 Å². The lowest BCUT2D eigenvalue weighted by Gasteiger charge is -2.21. The van der Waals surface area contributed by atoms with Crippen LogP contribution in [0.25, 0.3) is 0 Å². The summed E-state index contributed by atoms with van der Waals surface area (Å²) < 4.78 is 2.00. The molecule has 1 saturated carbocycles. The van der Waals surface area contributed by atoms with Crippen LogP contribution in [0.1, 0.15) is 43.3 Å². The van der Waals surface area contributed by atoms with E-state index in [-0.39, 0.29) is 0 Å². The molecule has 4 nitrogen and oxygen atoms in total. The van der Waals surface area contributed by atoms with Gasteiger partial charge in [0.2, 0.25) is 0 Å². The van der Waals surface area contributed by atoms with Gasteiger partial charge in [0.15, 0.2) is 5.82 Å². The van der Waals surface area contributed by atoms with Gasteiger partial charge in [-0.1, -0.05) is 0 Å². The van der Waals surface area contributed by atoms with Crippen LogP contribution in [0, 0.1) is 5.92 Å². The van der Waals surface area contributed by atoms with Crippen molar-refractivity contribution in [3.05, 3.63) is 11.6 Å². The van der Waals surface area contributed by atoms with Gasteiger partial charge in [-0.2, -0.15) is 5.10 Å². The SMILES string of the molecule is Cn1nc(C2CC2)nc1CC1CCNCC1. The van der Waals surface area contributed by atoms with Crippen molar-refractivity contribution in [1.82, 2.24) is 20.1 Å². The summed E-state index contributed by atoms with van der Waals surface area (Å²) in [7, 11) is 2.04. The molecule has 2 aliphatic rings. The minimum absolute atomic E-state index is 0.674.